The second-order valence-corrected chi connectivity index (χ2v) is 6.65. The molecule has 3 aromatic rings. The largest absolute Gasteiger partial charge is 0.497 e. The molecule has 0 saturated carbocycles. The van der Waals surface area contributed by atoms with E-state index in [0.29, 0.717) is 6.54 Å². The molecule has 27 heavy (non-hydrogen) atoms. The number of rotatable bonds is 4. The summed E-state index contributed by atoms with van der Waals surface area (Å²) in [5, 5.41) is 4.69. The Labute approximate surface area is 157 Å². The Morgan fingerprint density at radius 2 is 2.15 bits per heavy atom. The number of anilines is 1. The number of ether oxygens (including phenoxy) is 2. The molecule has 140 valence electrons. The molecule has 0 N–H and O–H groups in total. The van der Waals surface area contributed by atoms with Crippen LogP contribution < -0.4 is 9.64 Å². The van der Waals surface area contributed by atoms with Gasteiger partial charge in [0, 0.05) is 31.0 Å². The Kier molecular flexibility index (Phi) is 4.66. The van der Waals surface area contributed by atoms with Crippen LogP contribution in [0.15, 0.2) is 42.7 Å². The molecule has 0 aliphatic carbocycles. The van der Waals surface area contributed by atoms with Crippen LogP contribution in [-0.4, -0.2) is 47.9 Å². The first-order chi connectivity index (χ1) is 13.2. The van der Waals surface area contributed by atoms with E-state index in [2.05, 4.69) is 15.0 Å². The number of esters is 1. The third kappa shape index (κ3) is 3.32. The van der Waals surface area contributed by atoms with E-state index in [9.17, 15) is 4.79 Å². The SMILES string of the molecule is COC(=O)C1CCCN(c2nccn3nc(-c4cccc(OC)c4)cc23)C1. The van der Waals surface area contributed by atoms with Gasteiger partial charge >= 0.3 is 5.97 Å². The highest BCUT2D eigenvalue weighted by Gasteiger charge is 2.28. The van der Waals surface area contributed by atoms with Crippen molar-refractivity contribution in [2.45, 2.75) is 12.8 Å². The van der Waals surface area contributed by atoms with Crippen molar-refractivity contribution in [3.63, 3.8) is 0 Å². The number of benzene rings is 1. The summed E-state index contributed by atoms with van der Waals surface area (Å²) in [6, 6.07) is 9.85. The normalized spacial score (nSPS) is 17.1. The van der Waals surface area contributed by atoms with Crippen molar-refractivity contribution >= 4 is 17.3 Å². The number of fused-ring (bicyclic) bond motifs is 1. The van der Waals surface area contributed by atoms with Gasteiger partial charge in [0.15, 0.2) is 5.82 Å². The Morgan fingerprint density at radius 3 is 2.96 bits per heavy atom. The van der Waals surface area contributed by atoms with E-state index in [0.717, 1.165) is 47.7 Å². The highest BCUT2D eigenvalue weighted by atomic mass is 16.5. The molecule has 0 spiro atoms. The molecule has 1 fully saturated rings. The number of carbonyl (C=O) groups is 1. The zero-order chi connectivity index (χ0) is 18.8. The van der Waals surface area contributed by atoms with Gasteiger partial charge in [-0.15, -0.1) is 0 Å². The van der Waals surface area contributed by atoms with E-state index in [1.807, 2.05) is 41.0 Å². The van der Waals surface area contributed by atoms with Gasteiger partial charge in [-0.2, -0.15) is 5.10 Å². The smallest absolute Gasteiger partial charge is 0.310 e. The molecule has 1 aliphatic heterocycles. The van der Waals surface area contributed by atoms with Crippen molar-refractivity contribution in [1.82, 2.24) is 14.6 Å². The molecule has 0 radical (unpaired) electrons. The predicted molar refractivity (Wildman–Crippen MR) is 102 cm³/mol. The molecule has 7 nitrogen and oxygen atoms in total. The first-order valence-corrected chi connectivity index (χ1v) is 9.01. The first-order valence-electron chi connectivity index (χ1n) is 9.01. The molecular formula is C20H22N4O3. The van der Waals surface area contributed by atoms with Crippen LogP contribution in [-0.2, 0) is 9.53 Å². The van der Waals surface area contributed by atoms with Gasteiger partial charge in [-0.3, -0.25) is 4.79 Å². The van der Waals surface area contributed by atoms with Gasteiger partial charge in [-0.1, -0.05) is 12.1 Å². The topological polar surface area (TPSA) is 69.0 Å². The monoisotopic (exact) mass is 366 g/mol. The second kappa shape index (κ2) is 7.26. The average Bonchev–Trinajstić information content (AvgIpc) is 3.17. The van der Waals surface area contributed by atoms with Crippen LogP contribution in [0.25, 0.3) is 16.8 Å². The highest BCUT2D eigenvalue weighted by molar-refractivity contribution is 5.77. The van der Waals surface area contributed by atoms with Crippen LogP contribution in [0.5, 0.6) is 5.75 Å². The fourth-order valence-electron chi connectivity index (χ4n) is 3.60. The summed E-state index contributed by atoms with van der Waals surface area (Å²) in [4.78, 5) is 18.7. The van der Waals surface area contributed by atoms with Crippen LogP contribution in [0.3, 0.4) is 0 Å². The standard InChI is InChI=1S/C20H22N4O3/c1-26-16-7-3-5-14(11-16)17-12-18-19(21-8-10-24(18)22-17)23-9-4-6-15(13-23)20(25)27-2/h3,5,7-8,10-12,15H,4,6,9,13H2,1-2H3. The van der Waals surface area contributed by atoms with E-state index in [1.165, 1.54) is 7.11 Å². The van der Waals surface area contributed by atoms with Crippen LogP contribution in [0.4, 0.5) is 5.82 Å². The Balaban J connectivity index is 1.70. The summed E-state index contributed by atoms with van der Waals surface area (Å²) in [5.74, 6) is 1.36. The lowest BCUT2D eigenvalue weighted by Gasteiger charge is -2.32. The summed E-state index contributed by atoms with van der Waals surface area (Å²) in [6.45, 7) is 1.47. The number of carbonyl (C=O) groups excluding carboxylic acids is 1. The Morgan fingerprint density at radius 1 is 1.26 bits per heavy atom. The van der Waals surface area contributed by atoms with Crippen LogP contribution >= 0.6 is 0 Å². The molecule has 1 saturated heterocycles. The number of piperidine rings is 1. The van der Waals surface area contributed by atoms with E-state index in [4.69, 9.17) is 9.47 Å². The third-order valence-electron chi connectivity index (χ3n) is 4.99. The number of nitrogens with zero attached hydrogens (tertiary/aromatic N) is 4. The minimum absolute atomic E-state index is 0.119. The van der Waals surface area contributed by atoms with Crippen LogP contribution in [0.1, 0.15) is 12.8 Å². The summed E-state index contributed by atoms with van der Waals surface area (Å²) < 4.78 is 12.1. The predicted octanol–water partition coefficient (Wildman–Crippen LogP) is 2.79. The van der Waals surface area contributed by atoms with Crippen molar-refractivity contribution in [2.75, 3.05) is 32.2 Å². The molecule has 2 aromatic heterocycles. The number of aromatic nitrogens is 3. The van der Waals surface area contributed by atoms with Gasteiger partial charge in [0.05, 0.1) is 25.8 Å². The summed E-state index contributed by atoms with van der Waals surface area (Å²) in [5.41, 5.74) is 2.75. The minimum atomic E-state index is -0.155. The van der Waals surface area contributed by atoms with E-state index in [-0.39, 0.29) is 11.9 Å². The maximum Gasteiger partial charge on any atom is 0.310 e. The Bertz CT molecular complexity index is 969. The van der Waals surface area contributed by atoms with Crippen molar-refractivity contribution in [3.8, 4) is 17.0 Å². The van der Waals surface area contributed by atoms with Crippen molar-refractivity contribution in [2.24, 2.45) is 5.92 Å². The zero-order valence-corrected chi connectivity index (χ0v) is 15.5. The van der Waals surface area contributed by atoms with Gasteiger partial charge in [0.1, 0.15) is 11.3 Å². The van der Waals surface area contributed by atoms with Crippen molar-refractivity contribution in [1.29, 1.82) is 0 Å². The molecule has 1 unspecified atom stereocenters. The van der Waals surface area contributed by atoms with Crippen LogP contribution in [0.2, 0.25) is 0 Å². The van der Waals surface area contributed by atoms with Gasteiger partial charge < -0.3 is 14.4 Å². The van der Waals surface area contributed by atoms with Gasteiger partial charge in [0.25, 0.3) is 0 Å². The molecule has 3 heterocycles. The highest BCUT2D eigenvalue weighted by Crippen LogP contribution is 2.29. The molecular weight excluding hydrogens is 344 g/mol. The fourth-order valence-corrected chi connectivity index (χ4v) is 3.60. The number of methoxy groups -OCH3 is 2. The van der Waals surface area contributed by atoms with Gasteiger partial charge in [0.2, 0.25) is 0 Å². The summed E-state index contributed by atoms with van der Waals surface area (Å²) in [6.07, 6.45) is 5.36. The molecule has 4 rings (SSSR count). The molecule has 0 bridgehead atoms. The summed E-state index contributed by atoms with van der Waals surface area (Å²) in [7, 11) is 3.09. The number of hydrogen-bond acceptors (Lipinski definition) is 6. The average molecular weight is 366 g/mol. The zero-order valence-electron chi connectivity index (χ0n) is 15.5. The number of hydrogen-bond donors (Lipinski definition) is 0. The van der Waals surface area contributed by atoms with Gasteiger partial charge in [-0.25, -0.2) is 9.50 Å². The van der Waals surface area contributed by atoms with Crippen molar-refractivity contribution in [3.05, 3.63) is 42.7 Å². The maximum absolute atomic E-state index is 12.0. The first kappa shape index (κ1) is 17.3. The molecule has 1 atom stereocenters. The van der Waals surface area contributed by atoms with Crippen LogP contribution in [0, 0.1) is 5.92 Å². The lowest BCUT2D eigenvalue weighted by Crippen LogP contribution is -2.39. The lowest BCUT2D eigenvalue weighted by molar-refractivity contribution is -0.145. The molecule has 0 amide bonds. The summed E-state index contributed by atoms with van der Waals surface area (Å²) >= 11 is 0. The van der Waals surface area contributed by atoms with Crippen molar-refractivity contribution < 1.29 is 14.3 Å². The molecule has 7 heteroatoms. The van der Waals surface area contributed by atoms with E-state index in [1.54, 1.807) is 13.3 Å². The molecule has 1 aromatic carbocycles. The minimum Gasteiger partial charge on any atom is -0.497 e. The maximum atomic E-state index is 12.0. The third-order valence-corrected chi connectivity index (χ3v) is 4.99. The second-order valence-electron chi connectivity index (χ2n) is 6.65. The van der Waals surface area contributed by atoms with Gasteiger partial charge in [-0.05, 0) is 31.0 Å². The molecule has 1 aliphatic rings. The fraction of sp³-hybridized carbons (Fsp3) is 0.350. The van der Waals surface area contributed by atoms with E-state index >= 15 is 0 Å². The quantitative estimate of drug-likeness (QED) is 0.662. The Hall–Kier alpha value is -3.09. The van der Waals surface area contributed by atoms with E-state index < -0.39 is 0 Å². The lowest BCUT2D eigenvalue weighted by atomic mass is 9.98.